The van der Waals surface area contributed by atoms with Crippen molar-refractivity contribution >= 4 is 45.1 Å². The number of methoxy groups -OCH3 is 1. The van der Waals surface area contributed by atoms with Crippen LogP contribution in [0.5, 0.6) is 5.75 Å². The van der Waals surface area contributed by atoms with Gasteiger partial charge in [0.2, 0.25) is 0 Å². The second-order valence-electron chi connectivity index (χ2n) is 9.45. The van der Waals surface area contributed by atoms with Crippen molar-refractivity contribution in [3.05, 3.63) is 52.6 Å². The highest BCUT2D eigenvalue weighted by Crippen LogP contribution is 2.43. The molecule has 0 N–H and O–H groups in total. The molecule has 0 spiro atoms. The first-order valence-electron chi connectivity index (χ1n) is 12.1. The number of Topliss-reactive ketones (excluding diaryl/α,β-unsaturated/α-hetero) is 4. The molecule has 8 nitrogen and oxygen atoms in total. The maximum atomic E-state index is 14.1. The maximum Gasteiger partial charge on any atom is 0.200 e. The predicted molar refractivity (Wildman–Crippen MR) is 130 cm³/mol. The molecule has 0 atom stereocenters. The highest BCUT2D eigenvalue weighted by Gasteiger charge is 2.48. The summed E-state index contributed by atoms with van der Waals surface area (Å²) in [5, 5.41) is 0.662. The van der Waals surface area contributed by atoms with E-state index in [9.17, 15) is 24.0 Å². The molecule has 8 heteroatoms. The van der Waals surface area contributed by atoms with E-state index >= 15 is 0 Å². The molecule has 0 unspecified atom stereocenters. The Morgan fingerprint density at radius 2 is 1.53 bits per heavy atom. The molecule has 3 aromatic rings. The maximum absolute atomic E-state index is 14.1. The molecule has 36 heavy (non-hydrogen) atoms. The van der Waals surface area contributed by atoms with Gasteiger partial charge < -0.3 is 13.6 Å². The molecular formula is C28H26O8. The molecule has 0 saturated heterocycles. The number of carbonyl (C=O) groups excluding carboxylic acids is 4. The first-order valence-corrected chi connectivity index (χ1v) is 12.1. The number of furan rings is 1. The van der Waals surface area contributed by atoms with Gasteiger partial charge in [-0.25, -0.2) is 0 Å². The van der Waals surface area contributed by atoms with E-state index in [1.165, 1.54) is 19.6 Å². The van der Waals surface area contributed by atoms with Crippen LogP contribution in [0.3, 0.4) is 0 Å². The summed E-state index contributed by atoms with van der Waals surface area (Å²) in [4.78, 5) is 66.3. The lowest BCUT2D eigenvalue weighted by atomic mass is 9.65. The number of benzene rings is 1. The molecular weight excluding hydrogens is 464 g/mol. The van der Waals surface area contributed by atoms with E-state index in [0.29, 0.717) is 35.8 Å². The molecule has 2 aromatic heterocycles. The van der Waals surface area contributed by atoms with Gasteiger partial charge in [-0.1, -0.05) is 6.08 Å². The van der Waals surface area contributed by atoms with Gasteiger partial charge in [-0.05, 0) is 25.3 Å². The van der Waals surface area contributed by atoms with E-state index in [4.69, 9.17) is 13.6 Å². The van der Waals surface area contributed by atoms with Crippen molar-refractivity contribution in [1.82, 2.24) is 0 Å². The number of hydrogen-bond acceptors (Lipinski definition) is 8. The van der Waals surface area contributed by atoms with Crippen molar-refractivity contribution < 1.29 is 32.7 Å². The average Bonchev–Trinajstić information content (AvgIpc) is 3.33. The highest BCUT2D eigenvalue weighted by molar-refractivity contribution is 6.10. The van der Waals surface area contributed by atoms with Crippen molar-refractivity contribution in [3.8, 4) is 5.75 Å². The number of rotatable bonds is 6. The topological polar surface area (TPSA) is 121 Å². The van der Waals surface area contributed by atoms with Crippen LogP contribution in [-0.2, 0) is 25.6 Å². The number of ketones is 4. The molecule has 1 aromatic carbocycles. The SMILES string of the molecule is C=CCc1c2occc2c(OC)c2c(=O)c(C(C3C(=O)CCCC3=O)C3C(=O)CCCC3=O)coc12. The molecule has 5 rings (SSSR count). The third-order valence-corrected chi connectivity index (χ3v) is 7.42. The van der Waals surface area contributed by atoms with Crippen LogP contribution in [0.1, 0.15) is 55.6 Å². The van der Waals surface area contributed by atoms with E-state index in [1.807, 2.05) is 0 Å². The largest absolute Gasteiger partial charge is 0.495 e. The molecule has 2 aliphatic rings. The van der Waals surface area contributed by atoms with E-state index < -0.39 is 23.2 Å². The van der Waals surface area contributed by atoms with Crippen LogP contribution < -0.4 is 10.2 Å². The quantitative estimate of drug-likeness (QED) is 0.372. The smallest absolute Gasteiger partial charge is 0.200 e. The van der Waals surface area contributed by atoms with Crippen molar-refractivity contribution in [3.63, 3.8) is 0 Å². The van der Waals surface area contributed by atoms with Crippen LogP contribution in [0.2, 0.25) is 0 Å². The minimum Gasteiger partial charge on any atom is -0.495 e. The second kappa shape index (κ2) is 9.33. The Hall–Kier alpha value is -3.81. The first-order chi connectivity index (χ1) is 17.4. The third-order valence-electron chi connectivity index (χ3n) is 7.42. The summed E-state index contributed by atoms with van der Waals surface area (Å²) < 4.78 is 17.3. The lowest BCUT2D eigenvalue weighted by molar-refractivity contribution is -0.141. The first kappa shape index (κ1) is 23.9. The van der Waals surface area contributed by atoms with Crippen LogP contribution in [0.15, 0.2) is 44.9 Å². The van der Waals surface area contributed by atoms with Crippen LogP contribution in [-0.4, -0.2) is 30.2 Å². The summed E-state index contributed by atoms with van der Waals surface area (Å²) >= 11 is 0. The zero-order valence-electron chi connectivity index (χ0n) is 20.0. The van der Waals surface area contributed by atoms with E-state index in [-0.39, 0.29) is 71.1 Å². The Balaban J connectivity index is 1.83. The molecule has 186 valence electrons. The van der Waals surface area contributed by atoms with Crippen LogP contribution in [0.4, 0.5) is 0 Å². The van der Waals surface area contributed by atoms with Gasteiger partial charge in [0.1, 0.15) is 45.4 Å². The van der Waals surface area contributed by atoms with Crippen molar-refractivity contribution in [2.45, 2.75) is 50.9 Å². The highest BCUT2D eigenvalue weighted by atomic mass is 16.5. The molecule has 0 aliphatic heterocycles. The third kappa shape index (κ3) is 3.63. The Morgan fingerprint density at radius 3 is 2.06 bits per heavy atom. The minimum absolute atomic E-state index is 0.0320. The Kier molecular flexibility index (Phi) is 6.20. The second-order valence-corrected chi connectivity index (χ2v) is 9.45. The Morgan fingerprint density at radius 1 is 0.944 bits per heavy atom. The summed E-state index contributed by atoms with van der Waals surface area (Å²) in [6.45, 7) is 3.78. The summed E-state index contributed by atoms with van der Waals surface area (Å²) in [7, 11) is 1.42. The van der Waals surface area contributed by atoms with Crippen LogP contribution in [0, 0.1) is 11.8 Å². The molecule has 2 aliphatic carbocycles. The lowest BCUT2D eigenvalue weighted by Gasteiger charge is -2.34. The molecule has 2 heterocycles. The molecule has 2 saturated carbocycles. The average molecular weight is 491 g/mol. The van der Waals surface area contributed by atoms with Gasteiger partial charge in [-0.15, -0.1) is 6.58 Å². The van der Waals surface area contributed by atoms with Crippen molar-refractivity contribution in [1.29, 1.82) is 0 Å². The summed E-state index contributed by atoms with van der Waals surface area (Å²) in [5.74, 6) is -4.90. The fraction of sp³-hybridized carbons (Fsp3) is 0.393. The van der Waals surface area contributed by atoms with E-state index in [2.05, 4.69) is 6.58 Å². The van der Waals surface area contributed by atoms with Gasteiger partial charge in [0.05, 0.1) is 36.9 Å². The summed E-state index contributed by atoms with van der Waals surface area (Å²) in [6.07, 6.45) is 6.12. The van der Waals surface area contributed by atoms with Gasteiger partial charge in [0.25, 0.3) is 0 Å². The fourth-order valence-electron chi connectivity index (χ4n) is 5.85. The standard InChI is InChI=1S/C28H26O8/c1-3-6-14-26-15(11-12-35-26)27(34-2)24-25(33)16(13-36-28(14)24)21(22-17(29)7-4-8-18(22)30)23-19(31)9-5-10-20(23)32/h3,11-13,21-23H,1,4-10H2,2H3. The number of allylic oxidation sites excluding steroid dienone is 1. The van der Waals surface area contributed by atoms with Gasteiger partial charge in [0.15, 0.2) is 5.43 Å². The van der Waals surface area contributed by atoms with E-state index in [0.717, 1.165) is 0 Å². The number of ether oxygens (including phenoxy) is 1. The van der Waals surface area contributed by atoms with Gasteiger partial charge in [0, 0.05) is 42.7 Å². The van der Waals surface area contributed by atoms with E-state index in [1.54, 1.807) is 12.1 Å². The van der Waals surface area contributed by atoms with Crippen LogP contribution in [0.25, 0.3) is 21.9 Å². The number of fused-ring (bicyclic) bond motifs is 2. The monoisotopic (exact) mass is 490 g/mol. The fourth-order valence-corrected chi connectivity index (χ4v) is 5.85. The van der Waals surface area contributed by atoms with Gasteiger partial charge in [-0.2, -0.15) is 0 Å². The molecule has 0 radical (unpaired) electrons. The zero-order valence-corrected chi connectivity index (χ0v) is 20.0. The zero-order chi connectivity index (χ0) is 25.6. The Bertz CT molecular complexity index is 1420. The normalized spacial score (nSPS) is 18.1. The lowest BCUT2D eigenvalue weighted by Crippen LogP contribution is -2.44. The molecule has 0 bridgehead atoms. The number of carbonyl (C=O) groups is 4. The Labute approximate surface area is 206 Å². The number of hydrogen-bond donors (Lipinski definition) is 0. The van der Waals surface area contributed by atoms with Crippen molar-refractivity contribution in [2.24, 2.45) is 11.8 Å². The van der Waals surface area contributed by atoms with Gasteiger partial charge in [-0.3, -0.25) is 24.0 Å². The summed E-state index contributed by atoms with van der Waals surface area (Å²) in [5.41, 5.74) is 0.737. The van der Waals surface area contributed by atoms with Crippen LogP contribution >= 0.6 is 0 Å². The predicted octanol–water partition coefficient (Wildman–Crippen LogP) is 4.24. The minimum atomic E-state index is -1.24. The van der Waals surface area contributed by atoms with Crippen molar-refractivity contribution in [2.75, 3.05) is 7.11 Å². The summed E-state index contributed by atoms with van der Waals surface area (Å²) in [6, 6.07) is 1.67. The van der Waals surface area contributed by atoms with Gasteiger partial charge >= 0.3 is 0 Å². The molecule has 0 amide bonds. The molecule has 2 fully saturated rings.